The molecule has 1 N–H and O–H groups in total. The van der Waals surface area contributed by atoms with Crippen LogP contribution in [0.1, 0.15) is 44.7 Å². The molecule has 0 fully saturated rings. The zero-order chi connectivity index (χ0) is 23.4. The molecule has 0 aliphatic heterocycles. The van der Waals surface area contributed by atoms with Gasteiger partial charge >= 0.3 is 0 Å². The van der Waals surface area contributed by atoms with Crippen LogP contribution in [-0.4, -0.2) is 20.4 Å². The third kappa shape index (κ3) is 5.64. The Morgan fingerprint density at radius 2 is 1.76 bits per heavy atom. The molecule has 0 unspecified atom stereocenters. The molecule has 0 saturated heterocycles. The SMILES string of the molecule is CC(C)(C)CCC(=O)Cc1ccc(-c2ccc3nc(Nc4ccccc4C#N)nn3c2)cc1. The van der Waals surface area contributed by atoms with E-state index in [0.717, 1.165) is 23.1 Å². The van der Waals surface area contributed by atoms with Gasteiger partial charge in [-0.1, -0.05) is 57.2 Å². The highest BCUT2D eigenvalue weighted by Gasteiger charge is 2.13. The number of aromatic nitrogens is 3. The molecule has 0 radical (unpaired) electrons. The number of nitrogens with zero attached hydrogens (tertiary/aromatic N) is 4. The number of pyridine rings is 1. The summed E-state index contributed by atoms with van der Waals surface area (Å²) >= 11 is 0. The number of rotatable bonds is 7. The van der Waals surface area contributed by atoms with Gasteiger partial charge in [-0.25, -0.2) is 4.52 Å². The number of nitriles is 1. The maximum atomic E-state index is 12.3. The summed E-state index contributed by atoms with van der Waals surface area (Å²) in [7, 11) is 0. The van der Waals surface area contributed by atoms with Crippen molar-refractivity contribution in [2.45, 2.75) is 40.0 Å². The first-order chi connectivity index (χ1) is 15.8. The Labute approximate surface area is 193 Å². The van der Waals surface area contributed by atoms with Crippen LogP contribution in [0.2, 0.25) is 0 Å². The average Bonchev–Trinajstić information content (AvgIpc) is 3.19. The van der Waals surface area contributed by atoms with Crippen molar-refractivity contribution in [3.8, 4) is 17.2 Å². The summed E-state index contributed by atoms with van der Waals surface area (Å²) in [4.78, 5) is 16.8. The van der Waals surface area contributed by atoms with Crippen LogP contribution in [-0.2, 0) is 11.2 Å². The van der Waals surface area contributed by atoms with Gasteiger partial charge in [0.1, 0.15) is 11.9 Å². The lowest BCUT2D eigenvalue weighted by Gasteiger charge is -2.17. The lowest BCUT2D eigenvalue weighted by atomic mass is 9.88. The molecule has 0 aliphatic carbocycles. The number of carbonyl (C=O) groups excluding carboxylic acids is 1. The molecule has 4 aromatic rings. The van der Waals surface area contributed by atoms with Gasteiger partial charge in [0.25, 0.3) is 0 Å². The first-order valence-electron chi connectivity index (χ1n) is 11.0. The van der Waals surface area contributed by atoms with Gasteiger partial charge in [-0.05, 0) is 47.2 Å². The van der Waals surface area contributed by atoms with E-state index in [1.807, 2.05) is 60.8 Å². The van der Waals surface area contributed by atoms with Crippen LogP contribution in [0, 0.1) is 16.7 Å². The normalized spacial score (nSPS) is 11.3. The zero-order valence-corrected chi connectivity index (χ0v) is 19.2. The van der Waals surface area contributed by atoms with E-state index < -0.39 is 0 Å². The molecule has 6 nitrogen and oxygen atoms in total. The highest BCUT2D eigenvalue weighted by atomic mass is 16.1. The monoisotopic (exact) mass is 437 g/mol. The summed E-state index contributed by atoms with van der Waals surface area (Å²) in [6.07, 6.45) is 3.91. The summed E-state index contributed by atoms with van der Waals surface area (Å²) in [6.45, 7) is 6.47. The number of hydrogen-bond acceptors (Lipinski definition) is 5. The van der Waals surface area contributed by atoms with Gasteiger partial charge in [-0.3, -0.25) is 4.79 Å². The zero-order valence-electron chi connectivity index (χ0n) is 19.2. The predicted molar refractivity (Wildman–Crippen MR) is 130 cm³/mol. The van der Waals surface area contributed by atoms with Gasteiger partial charge in [-0.15, -0.1) is 5.10 Å². The van der Waals surface area contributed by atoms with Gasteiger partial charge in [0.2, 0.25) is 5.95 Å². The minimum absolute atomic E-state index is 0.175. The van der Waals surface area contributed by atoms with Crippen molar-refractivity contribution in [3.05, 3.63) is 78.0 Å². The van der Waals surface area contributed by atoms with Crippen LogP contribution in [0.15, 0.2) is 66.9 Å². The molecule has 33 heavy (non-hydrogen) atoms. The van der Waals surface area contributed by atoms with Crippen molar-refractivity contribution in [1.82, 2.24) is 14.6 Å². The number of fused-ring (bicyclic) bond motifs is 1. The van der Waals surface area contributed by atoms with E-state index in [2.05, 4.69) is 42.2 Å². The molecule has 4 rings (SSSR count). The Morgan fingerprint density at radius 3 is 2.48 bits per heavy atom. The van der Waals surface area contributed by atoms with Crippen LogP contribution >= 0.6 is 0 Å². The van der Waals surface area contributed by atoms with Gasteiger partial charge < -0.3 is 5.32 Å². The molecule has 0 atom stereocenters. The first-order valence-corrected chi connectivity index (χ1v) is 11.0. The van der Waals surface area contributed by atoms with E-state index in [-0.39, 0.29) is 11.2 Å². The predicted octanol–water partition coefficient (Wildman–Crippen LogP) is 5.95. The van der Waals surface area contributed by atoms with E-state index >= 15 is 0 Å². The second-order valence-electron chi connectivity index (χ2n) is 9.41. The number of benzene rings is 2. The quantitative estimate of drug-likeness (QED) is 0.386. The molecule has 0 bridgehead atoms. The van der Waals surface area contributed by atoms with E-state index in [0.29, 0.717) is 35.7 Å². The molecule has 166 valence electrons. The summed E-state index contributed by atoms with van der Waals surface area (Å²) < 4.78 is 1.72. The largest absolute Gasteiger partial charge is 0.322 e. The Bertz CT molecular complexity index is 1320. The Kier molecular flexibility index (Phi) is 6.23. The molecule has 2 aromatic carbocycles. The van der Waals surface area contributed by atoms with Crippen LogP contribution in [0.25, 0.3) is 16.8 Å². The van der Waals surface area contributed by atoms with Crippen LogP contribution in [0.4, 0.5) is 11.6 Å². The molecule has 2 aromatic heterocycles. The molecule has 0 saturated carbocycles. The van der Waals surface area contributed by atoms with Gasteiger partial charge in [0.05, 0.1) is 11.3 Å². The van der Waals surface area contributed by atoms with Crippen molar-refractivity contribution >= 4 is 23.1 Å². The van der Waals surface area contributed by atoms with Crippen molar-refractivity contribution in [1.29, 1.82) is 5.26 Å². The molecule has 2 heterocycles. The maximum Gasteiger partial charge on any atom is 0.247 e. The van der Waals surface area contributed by atoms with Crippen molar-refractivity contribution < 1.29 is 4.79 Å². The summed E-state index contributed by atoms with van der Waals surface area (Å²) in [5, 5.41) is 16.9. The number of anilines is 2. The lowest BCUT2D eigenvalue weighted by molar-refractivity contribution is -0.118. The highest BCUT2D eigenvalue weighted by Crippen LogP contribution is 2.24. The fraction of sp³-hybridized carbons (Fsp3) is 0.259. The molecule has 0 aliphatic rings. The number of Topliss-reactive ketones (excluding diaryl/α,β-unsaturated/α-hetero) is 1. The standard InChI is InChI=1S/C27H27N5O/c1-27(2,3)15-14-23(33)16-19-8-10-20(11-9-19)22-12-13-25-30-26(31-32(25)18-22)29-24-7-5-4-6-21(24)17-28/h4-13,18H,14-16H2,1-3H3,(H,29,31). The molecule has 0 spiro atoms. The van der Waals surface area contributed by atoms with Crippen molar-refractivity contribution in [2.24, 2.45) is 5.41 Å². The third-order valence-corrected chi connectivity index (χ3v) is 5.47. The van der Waals surface area contributed by atoms with E-state index in [1.54, 1.807) is 10.6 Å². The first kappa shape index (κ1) is 22.2. The van der Waals surface area contributed by atoms with E-state index in [9.17, 15) is 10.1 Å². The number of hydrogen-bond donors (Lipinski definition) is 1. The summed E-state index contributed by atoms with van der Waals surface area (Å²) in [6, 6.07) is 21.4. The fourth-order valence-electron chi connectivity index (χ4n) is 3.56. The van der Waals surface area contributed by atoms with E-state index in [1.165, 1.54) is 0 Å². The van der Waals surface area contributed by atoms with Gasteiger partial charge in [0.15, 0.2) is 5.65 Å². The van der Waals surface area contributed by atoms with Gasteiger partial charge in [0, 0.05) is 24.6 Å². The van der Waals surface area contributed by atoms with Gasteiger partial charge in [-0.2, -0.15) is 10.2 Å². The Hall–Kier alpha value is -3.98. The average molecular weight is 438 g/mol. The number of nitrogens with one attached hydrogen (secondary N) is 1. The molecule has 6 heteroatoms. The lowest BCUT2D eigenvalue weighted by Crippen LogP contribution is -2.10. The Morgan fingerprint density at radius 1 is 1.03 bits per heavy atom. The smallest absolute Gasteiger partial charge is 0.247 e. The van der Waals surface area contributed by atoms with E-state index in [4.69, 9.17) is 0 Å². The topological polar surface area (TPSA) is 83.1 Å². The number of ketones is 1. The second kappa shape index (κ2) is 9.25. The summed E-state index contributed by atoms with van der Waals surface area (Å²) in [5.41, 5.74) is 5.16. The van der Waals surface area contributed by atoms with Crippen LogP contribution in [0.3, 0.4) is 0 Å². The fourth-order valence-corrected chi connectivity index (χ4v) is 3.56. The van der Waals surface area contributed by atoms with Crippen molar-refractivity contribution in [3.63, 3.8) is 0 Å². The minimum Gasteiger partial charge on any atom is -0.322 e. The number of para-hydroxylation sites is 1. The molecular formula is C27H27N5O. The Balaban J connectivity index is 1.47. The second-order valence-corrected chi connectivity index (χ2v) is 9.41. The van der Waals surface area contributed by atoms with Crippen LogP contribution < -0.4 is 5.32 Å². The minimum atomic E-state index is 0.175. The number of carbonyl (C=O) groups is 1. The maximum absolute atomic E-state index is 12.3. The molecular weight excluding hydrogens is 410 g/mol. The highest BCUT2D eigenvalue weighted by molar-refractivity contribution is 5.81. The summed E-state index contributed by atoms with van der Waals surface area (Å²) in [5.74, 6) is 0.707. The molecule has 0 amide bonds. The third-order valence-electron chi connectivity index (χ3n) is 5.47. The van der Waals surface area contributed by atoms with Crippen molar-refractivity contribution in [2.75, 3.05) is 5.32 Å². The van der Waals surface area contributed by atoms with Crippen LogP contribution in [0.5, 0.6) is 0 Å².